The Labute approximate surface area is 129 Å². The van der Waals surface area contributed by atoms with Gasteiger partial charge in [-0.25, -0.2) is 4.98 Å². The van der Waals surface area contributed by atoms with Crippen molar-refractivity contribution < 1.29 is 4.74 Å². The van der Waals surface area contributed by atoms with E-state index in [1.54, 1.807) is 11.3 Å². The normalized spacial score (nSPS) is 20.8. The molecule has 0 amide bonds. The third kappa shape index (κ3) is 3.22. The number of rotatable bonds is 5. The molecule has 1 saturated heterocycles. The minimum absolute atomic E-state index is 0.128. The minimum Gasteiger partial charge on any atom is -0.376 e. The summed E-state index contributed by atoms with van der Waals surface area (Å²) in [6.07, 6.45) is 6.85. The molecule has 0 saturated carbocycles. The summed E-state index contributed by atoms with van der Waals surface area (Å²) in [7, 11) is 2.11. The van der Waals surface area contributed by atoms with Crippen molar-refractivity contribution in [2.75, 3.05) is 25.1 Å². The first kappa shape index (κ1) is 14.8. The van der Waals surface area contributed by atoms with Crippen molar-refractivity contribution in [1.29, 1.82) is 0 Å². The second-order valence-corrected chi connectivity index (χ2v) is 6.86. The monoisotopic (exact) mass is 308 g/mol. The van der Waals surface area contributed by atoms with Gasteiger partial charge in [0.25, 0.3) is 0 Å². The number of hydrogen-bond donors (Lipinski definition) is 1. The average molecular weight is 308 g/mol. The van der Waals surface area contributed by atoms with Gasteiger partial charge in [0.15, 0.2) is 10.8 Å². The predicted octanol–water partition coefficient (Wildman–Crippen LogP) is 2.29. The molecule has 5 nitrogen and oxygen atoms in total. The van der Waals surface area contributed by atoms with Crippen molar-refractivity contribution in [3.63, 3.8) is 0 Å². The molecule has 3 heterocycles. The summed E-state index contributed by atoms with van der Waals surface area (Å²) in [5, 5.41) is 2.07. The largest absolute Gasteiger partial charge is 0.376 e. The van der Waals surface area contributed by atoms with Gasteiger partial charge >= 0.3 is 0 Å². The highest BCUT2D eigenvalue weighted by Crippen LogP contribution is 2.26. The molecule has 21 heavy (non-hydrogen) atoms. The van der Waals surface area contributed by atoms with Crippen molar-refractivity contribution >= 4 is 22.1 Å². The lowest BCUT2D eigenvalue weighted by atomic mass is 10.1. The fourth-order valence-electron chi connectivity index (χ4n) is 2.96. The topological polar surface area (TPSA) is 55.8 Å². The van der Waals surface area contributed by atoms with E-state index in [0.717, 1.165) is 36.8 Å². The first-order valence-corrected chi connectivity index (χ1v) is 8.56. The van der Waals surface area contributed by atoms with Crippen LogP contribution in [0, 0.1) is 0 Å². The van der Waals surface area contributed by atoms with Gasteiger partial charge in [0.05, 0.1) is 11.8 Å². The van der Waals surface area contributed by atoms with Crippen LogP contribution in [0.2, 0.25) is 0 Å². The van der Waals surface area contributed by atoms with Crippen molar-refractivity contribution in [3.05, 3.63) is 17.3 Å². The van der Waals surface area contributed by atoms with Gasteiger partial charge in [-0.1, -0.05) is 0 Å². The standard InChI is InChI=1S/C15H24N4OS/c1-11(16)9-13-14(17-15-19(13)6-8-21-15)18(2)10-12-5-3-4-7-20-12/h6,8,11-12H,3-5,7,9-10,16H2,1-2H3. The number of thiazole rings is 1. The molecule has 2 N–H and O–H groups in total. The molecular weight excluding hydrogens is 284 g/mol. The summed E-state index contributed by atoms with van der Waals surface area (Å²) in [6.45, 7) is 3.83. The van der Waals surface area contributed by atoms with Crippen LogP contribution in [0.25, 0.3) is 4.96 Å². The lowest BCUT2D eigenvalue weighted by molar-refractivity contribution is 0.0215. The fraction of sp³-hybridized carbons (Fsp3) is 0.667. The van der Waals surface area contributed by atoms with Crippen molar-refractivity contribution in [2.45, 2.75) is 44.8 Å². The van der Waals surface area contributed by atoms with E-state index >= 15 is 0 Å². The molecule has 0 radical (unpaired) electrons. The Morgan fingerprint density at radius 1 is 1.57 bits per heavy atom. The molecule has 0 bridgehead atoms. The molecule has 1 fully saturated rings. The number of fused-ring (bicyclic) bond motifs is 1. The highest BCUT2D eigenvalue weighted by atomic mass is 32.1. The molecule has 1 aliphatic rings. The second-order valence-electron chi connectivity index (χ2n) is 5.99. The van der Waals surface area contributed by atoms with Crippen molar-refractivity contribution in [1.82, 2.24) is 9.38 Å². The molecular formula is C15H24N4OS. The van der Waals surface area contributed by atoms with E-state index in [-0.39, 0.29) is 6.04 Å². The van der Waals surface area contributed by atoms with Gasteiger partial charge in [0.1, 0.15) is 0 Å². The van der Waals surface area contributed by atoms with Gasteiger partial charge in [0.2, 0.25) is 0 Å². The molecule has 6 heteroatoms. The maximum Gasteiger partial charge on any atom is 0.195 e. The number of aromatic nitrogens is 2. The Balaban J connectivity index is 1.82. The maximum atomic E-state index is 6.02. The van der Waals surface area contributed by atoms with Crippen LogP contribution in [0.1, 0.15) is 31.9 Å². The number of ether oxygens (including phenoxy) is 1. The molecule has 2 unspecified atom stereocenters. The van der Waals surface area contributed by atoms with E-state index in [1.807, 2.05) is 6.92 Å². The van der Waals surface area contributed by atoms with Crippen molar-refractivity contribution in [3.8, 4) is 0 Å². The van der Waals surface area contributed by atoms with Crippen LogP contribution < -0.4 is 10.6 Å². The van der Waals surface area contributed by atoms with E-state index in [0.29, 0.717) is 6.10 Å². The molecule has 0 aliphatic carbocycles. The van der Waals surface area contributed by atoms with E-state index in [4.69, 9.17) is 15.5 Å². The van der Waals surface area contributed by atoms with E-state index in [1.165, 1.54) is 18.5 Å². The molecule has 0 spiro atoms. The Kier molecular flexibility index (Phi) is 4.47. The minimum atomic E-state index is 0.128. The van der Waals surface area contributed by atoms with Gasteiger partial charge in [-0.3, -0.25) is 4.40 Å². The van der Waals surface area contributed by atoms with Crippen LogP contribution >= 0.6 is 11.3 Å². The zero-order valence-corrected chi connectivity index (χ0v) is 13.6. The number of likely N-dealkylation sites (N-methyl/N-ethyl adjacent to an activating group) is 1. The third-order valence-electron chi connectivity index (χ3n) is 3.97. The Bertz CT molecular complexity index is 586. The van der Waals surface area contributed by atoms with Crippen LogP contribution in [0.4, 0.5) is 5.82 Å². The lowest BCUT2D eigenvalue weighted by Crippen LogP contribution is -2.34. The molecule has 2 atom stereocenters. The Hall–Kier alpha value is -1.11. The summed E-state index contributed by atoms with van der Waals surface area (Å²) in [5.41, 5.74) is 7.22. The fourth-order valence-corrected chi connectivity index (χ4v) is 3.69. The summed E-state index contributed by atoms with van der Waals surface area (Å²) >= 11 is 1.67. The van der Waals surface area contributed by atoms with E-state index in [2.05, 4.69) is 27.9 Å². The smallest absolute Gasteiger partial charge is 0.195 e. The number of anilines is 1. The lowest BCUT2D eigenvalue weighted by Gasteiger charge is -2.28. The number of nitrogens with zero attached hydrogens (tertiary/aromatic N) is 3. The summed E-state index contributed by atoms with van der Waals surface area (Å²) in [5.74, 6) is 1.05. The van der Waals surface area contributed by atoms with Crippen LogP contribution in [-0.4, -0.2) is 41.7 Å². The summed E-state index contributed by atoms with van der Waals surface area (Å²) < 4.78 is 8.02. The van der Waals surface area contributed by atoms with Crippen molar-refractivity contribution in [2.24, 2.45) is 5.73 Å². The Morgan fingerprint density at radius 3 is 3.14 bits per heavy atom. The molecule has 0 aromatic carbocycles. The van der Waals surface area contributed by atoms with Crippen LogP contribution in [0.15, 0.2) is 11.6 Å². The number of imidazole rings is 1. The average Bonchev–Trinajstić information content (AvgIpc) is 3.02. The highest BCUT2D eigenvalue weighted by molar-refractivity contribution is 7.15. The van der Waals surface area contributed by atoms with Gasteiger partial charge < -0.3 is 15.4 Å². The zero-order chi connectivity index (χ0) is 14.8. The van der Waals surface area contributed by atoms with Crippen LogP contribution in [0.3, 0.4) is 0 Å². The zero-order valence-electron chi connectivity index (χ0n) is 12.8. The van der Waals surface area contributed by atoms with Gasteiger partial charge in [-0.2, -0.15) is 0 Å². The molecule has 2 aromatic heterocycles. The molecule has 2 aromatic rings. The second kappa shape index (κ2) is 6.34. The first-order chi connectivity index (χ1) is 10.1. The van der Waals surface area contributed by atoms with Crippen LogP contribution in [0.5, 0.6) is 0 Å². The highest BCUT2D eigenvalue weighted by Gasteiger charge is 2.21. The number of hydrogen-bond acceptors (Lipinski definition) is 5. The predicted molar refractivity (Wildman–Crippen MR) is 87.3 cm³/mol. The van der Waals surface area contributed by atoms with E-state index in [9.17, 15) is 0 Å². The molecule has 3 rings (SSSR count). The number of nitrogens with two attached hydrogens (primary N) is 1. The third-order valence-corrected chi connectivity index (χ3v) is 4.72. The first-order valence-electron chi connectivity index (χ1n) is 7.68. The van der Waals surface area contributed by atoms with Crippen LogP contribution in [-0.2, 0) is 11.2 Å². The molecule has 1 aliphatic heterocycles. The van der Waals surface area contributed by atoms with Gasteiger partial charge in [-0.15, -0.1) is 11.3 Å². The Morgan fingerprint density at radius 2 is 2.43 bits per heavy atom. The van der Waals surface area contributed by atoms with E-state index < -0.39 is 0 Å². The quantitative estimate of drug-likeness (QED) is 0.921. The maximum absolute atomic E-state index is 6.02. The SMILES string of the molecule is CC(N)Cc1c(N(C)CC2CCCCO2)nc2sccn12. The summed E-state index contributed by atoms with van der Waals surface area (Å²) in [6, 6.07) is 0.128. The van der Waals surface area contributed by atoms with Gasteiger partial charge in [-0.05, 0) is 26.2 Å². The van der Waals surface area contributed by atoms with Gasteiger partial charge in [0, 0.05) is 44.2 Å². The summed E-state index contributed by atoms with van der Waals surface area (Å²) in [4.78, 5) is 8.06. The molecule has 116 valence electrons.